The fourth-order valence-corrected chi connectivity index (χ4v) is 7.16. The summed E-state index contributed by atoms with van der Waals surface area (Å²) in [7, 11) is -1.81. The molecule has 5 aromatic rings. The van der Waals surface area contributed by atoms with Crippen LogP contribution in [0.25, 0.3) is 44.5 Å². The molecule has 178 valence electrons. The van der Waals surface area contributed by atoms with Gasteiger partial charge in [-0.3, -0.25) is 0 Å². The average molecular weight is 502 g/mol. The molecule has 6 aliphatic heterocycles. The molecule has 0 aliphatic carbocycles. The van der Waals surface area contributed by atoms with E-state index >= 15 is 0 Å². The van der Waals surface area contributed by atoms with Crippen molar-refractivity contribution in [2.75, 3.05) is 0 Å². The Kier molecular flexibility index (Phi) is 3.06. The Morgan fingerprint density at radius 1 is 0.333 bits per heavy atom. The first-order valence-corrected chi connectivity index (χ1v) is 13.1. The zero-order valence-electron chi connectivity index (χ0n) is 20.2. The highest BCUT2D eigenvalue weighted by molar-refractivity contribution is 6.74. The van der Waals surface area contributed by atoms with Crippen molar-refractivity contribution in [2.45, 2.75) is 0 Å². The second-order valence-corrected chi connectivity index (χ2v) is 10.5. The molecule has 0 fully saturated rings. The fraction of sp³-hybridized carbons (Fsp3) is 0. The molecule has 0 spiro atoms. The van der Waals surface area contributed by atoms with E-state index in [1.165, 1.54) is 0 Å². The van der Waals surface area contributed by atoms with E-state index in [1.54, 1.807) is 0 Å². The number of para-hydroxylation sites is 2. The molecular weight excluding hydrogens is 489 g/mol. The maximum absolute atomic E-state index is 6.60. The molecule has 0 aromatic heterocycles. The molecule has 0 saturated carbocycles. The fourth-order valence-electron chi connectivity index (χ4n) is 7.16. The van der Waals surface area contributed by atoms with Gasteiger partial charge in [-0.2, -0.15) is 0 Å². The molecule has 0 radical (unpaired) electrons. The summed E-state index contributed by atoms with van der Waals surface area (Å²) in [6.07, 6.45) is 0. The molecule has 0 amide bonds. The number of benzene rings is 5. The van der Waals surface area contributed by atoms with E-state index in [1.807, 2.05) is 54.6 Å². The highest BCUT2D eigenvalue weighted by Gasteiger charge is 2.54. The number of rotatable bonds is 0. The Bertz CT molecular complexity index is 1880. The maximum atomic E-state index is 6.60. The van der Waals surface area contributed by atoms with Crippen LogP contribution in [0.1, 0.15) is 0 Å². The van der Waals surface area contributed by atoms with Gasteiger partial charge in [0.15, 0.2) is 0 Å². The van der Waals surface area contributed by atoms with Crippen LogP contribution < -0.4 is 44.3 Å². The van der Waals surface area contributed by atoms with Crippen LogP contribution in [-0.2, 0) is 0 Å². The Morgan fingerprint density at radius 3 is 1.28 bits per heavy atom. The van der Waals surface area contributed by atoms with Crippen LogP contribution in [0.4, 0.5) is 0 Å². The molecule has 11 rings (SSSR count). The number of fused-ring (bicyclic) bond motifs is 4. The van der Waals surface area contributed by atoms with Gasteiger partial charge in [-0.1, -0.05) is 48.5 Å². The summed E-state index contributed by atoms with van der Waals surface area (Å²) >= 11 is 0. The van der Waals surface area contributed by atoms with E-state index in [0.29, 0.717) is 11.5 Å². The Balaban J connectivity index is 1.24. The second kappa shape index (κ2) is 6.21. The summed E-state index contributed by atoms with van der Waals surface area (Å²) in [5, 5.41) is 0. The van der Waals surface area contributed by atoms with E-state index in [0.717, 1.165) is 83.9 Å². The zero-order chi connectivity index (χ0) is 25.0. The van der Waals surface area contributed by atoms with E-state index in [-0.39, 0.29) is 0 Å². The van der Waals surface area contributed by atoms with Gasteiger partial charge >= 0.3 is 21.4 Å². The van der Waals surface area contributed by atoms with Gasteiger partial charge in [-0.15, -0.1) is 0 Å². The third kappa shape index (κ3) is 2.11. The van der Waals surface area contributed by atoms with Gasteiger partial charge in [-0.25, -0.2) is 0 Å². The van der Waals surface area contributed by atoms with E-state index < -0.39 is 21.4 Å². The largest absolute Gasteiger partial charge is 0.634 e. The molecular formula is C30H13B3O6. The van der Waals surface area contributed by atoms with Crippen molar-refractivity contribution in [1.82, 2.24) is 0 Å². The third-order valence-corrected chi connectivity index (χ3v) is 8.67. The van der Waals surface area contributed by atoms with Crippen LogP contribution in [-0.4, -0.2) is 21.4 Å². The molecule has 0 saturated heterocycles. The molecule has 9 heteroatoms. The lowest BCUT2D eigenvalue weighted by Crippen LogP contribution is -2.58. The monoisotopic (exact) mass is 502 g/mol. The van der Waals surface area contributed by atoms with Crippen molar-refractivity contribution in [1.29, 1.82) is 0 Å². The predicted octanol–water partition coefficient (Wildman–Crippen LogP) is 3.79. The van der Waals surface area contributed by atoms with Crippen molar-refractivity contribution < 1.29 is 27.9 Å². The number of hydrogen-bond donors (Lipinski definition) is 0. The van der Waals surface area contributed by atoms with Gasteiger partial charge in [0.1, 0.15) is 34.5 Å². The lowest BCUT2D eigenvalue weighted by molar-refractivity contribution is 0.411. The molecule has 0 N–H and O–H groups in total. The molecule has 5 aromatic carbocycles. The molecule has 39 heavy (non-hydrogen) atoms. The maximum Gasteiger partial charge on any atom is 0.634 e. The van der Waals surface area contributed by atoms with Gasteiger partial charge in [-0.05, 0) is 35.4 Å². The van der Waals surface area contributed by atoms with Crippen molar-refractivity contribution in [3.63, 3.8) is 0 Å². The molecule has 0 atom stereocenters. The summed E-state index contributed by atoms with van der Waals surface area (Å²) in [6, 6.07) is 26.4. The van der Waals surface area contributed by atoms with Crippen LogP contribution in [0.2, 0.25) is 0 Å². The summed E-state index contributed by atoms with van der Waals surface area (Å²) in [5.74, 6) is 4.50. The van der Waals surface area contributed by atoms with Gasteiger partial charge in [0, 0.05) is 55.8 Å². The summed E-state index contributed by atoms with van der Waals surface area (Å²) < 4.78 is 39.1. The van der Waals surface area contributed by atoms with Crippen molar-refractivity contribution >= 4 is 37.7 Å². The standard InChI is InChI=1S/C30H13B3O6/c1-3-7-18-14(5-1)16-9-11-20-24-26-22(38-31(34-18)28(16)24)13-23-27-25-21(37-33(36-20)30(26)27)12-10-17-15-6-2-4-8-19(15)35-32(39-23)29(17)25/h1-13H. The minimum atomic E-state index is -0.626. The number of hydrogen-bond acceptors (Lipinski definition) is 6. The van der Waals surface area contributed by atoms with Gasteiger partial charge < -0.3 is 27.9 Å². The molecule has 6 heterocycles. The van der Waals surface area contributed by atoms with Crippen LogP contribution in [0.5, 0.6) is 34.5 Å². The highest BCUT2D eigenvalue weighted by atomic mass is 16.6. The highest BCUT2D eigenvalue weighted by Crippen LogP contribution is 2.54. The Morgan fingerprint density at radius 2 is 0.744 bits per heavy atom. The van der Waals surface area contributed by atoms with Crippen molar-refractivity contribution in [2.24, 2.45) is 0 Å². The normalized spacial score (nSPS) is 15.7. The molecule has 0 bridgehead atoms. The summed E-state index contributed by atoms with van der Waals surface area (Å²) in [5.41, 5.74) is 11.2. The summed E-state index contributed by atoms with van der Waals surface area (Å²) in [6.45, 7) is 0. The lowest BCUT2D eigenvalue weighted by atomic mass is 9.57. The van der Waals surface area contributed by atoms with E-state index in [9.17, 15) is 0 Å². The quantitative estimate of drug-likeness (QED) is 0.301. The molecule has 6 nitrogen and oxygen atoms in total. The lowest BCUT2D eigenvalue weighted by Gasteiger charge is -2.42. The third-order valence-electron chi connectivity index (χ3n) is 8.67. The summed E-state index contributed by atoms with van der Waals surface area (Å²) in [4.78, 5) is 0. The van der Waals surface area contributed by atoms with Gasteiger partial charge in [0.05, 0.1) is 0 Å². The van der Waals surface area contributed by atoms with Gasteiger partial charge in [0.2, 0.25) is 0 Å². The van der Waals surface area contributed by atoms with Crippen LogP contribution in [0, 0.1) is 0 Å². The average Bonchev–Trinajstić information content (AvgIpc) is 2.97. The first-order chi connectivity index (χ1) is 19.3. The van der Waals surface area contributed by atoms with Crippen LogP contribution in [0.15, 0.2) is 78.9 Å². The van der Waals surface area contributed by atoms with Crippen LogP contribution >= 0.6 is 0 Å². The van der Waals surface area contributed by atoms with E-state index in [2.05, 4.69) is 24.3 Å². The first kappa shape index (κ1) is 19.2. The minimum Gasteiger partial charge on any atom is -0.521 e. The van der Waals surface area contributed by atoms with Gasteiger partial charge in [0.25, 0.3) is 0 Å². The molecule has 0 unspecified atom stereocenters. The van der Waals surface area contributed by atoms with E-state index in [4.69, 9.17) is 27.9 Å². The Hall–Kier alpha value is -4.91. The Labute approximate surface area is 223 Å². The predicted molar refractivity (Wildman–Crippen MR) is 148 cm³/mol. The van der Waals surface area contributed by atoms with Crippen molar-refractivity contribution in [3.8, 4) is 79.0 Å². The van der Waals surface area contributed by atoms with Crippen molar-refractivity contribution in [3.05, 3.63) is 78.9 Å². The zero-order valence-corrected chi connectivity index (χ0v) is 20.2. The minimum absolute atomic E-state index is 0.594. The first-order valence-electron chi connectivity index (χ1n) is 13.1. The second-order valence-electron chi connectivity index (χ2n) is 10.5. The SMILES string of the molecule is c1ccc2c(c1)OB1Oc3cc4c5c6c3-c3c(ccc-2c31)OB6Oc1ccc2c(c1-5)B(Oc1ccccc1-2)O4. The topological polar surface area (TPSA) is 55.4 Å². The smallest absolute Gasteiger partial charge is 0.521 e. The van der Waals surface area contributed by atoms with Crippen LogP contribution in [0.3, 0.4) is 0 Å². The molecule has 6 aliphatic rings.